The average molecular weight is 348 g/mol. The van der Waals surface area contributed by atoms with Gasteiger partial charge in [-0.25, -0.2) is 0 Å². The standard InChI is InChI=1S/C22H41N3/c1-4-7-22(8-9-22)17-25-20-5-6-21(25)15-19(14-20)16-23-10-12-24(13-11-23)18(2)3/h18-21H,4-17H2,1-3H3/t19?,20-,21+. The fourth-order valence-corrected chi connectivity index (χ4v) is 6.20. The van der Waals surface area contributed by atoms with Crippen molar-refractivity contribution in [2.45, 2.75) is 90.3 Å². The van der Waals surface area contributed by atoms with Gasteiger partial charge in [-0.2, -0.15) is 0 Å². The third kappa shape index (κ3) is 4.09. The lowest BCUT2D eigenvalue weighted by Crippen LogP contribution is -2.52. The van der Waals surface area contributed by atoms with Gasteiger partial charge in [-0.05, 0) is 70.1 Å². The van der Waals surface area contributed by atoms with E-state index in [2.05, 4.69) is 35.5 Å². The summed E-state index contributed by atoms with van der Waals surface area (Å²) in [4.78, 5) is 8.40. The van der Waals surface area contributed by atoms with Crippen LogP contribution >= 0.6 is 0 Å². The Morgan fingerprint density at radius 3 is 2.12 bits per heavy atom. The van der Waals surface area contributed by atoms with Crippen LogP contribution in [0.4, 0.5) is 0 Å². The Hall–Kier alpha value is -0.120. The lowest BCUT2D eigenvalue weighted by Gasteiger charge is -2.44. The molecule has 3 saturated heterocycles. The minimum atomic E-state index is 0.721. The molecule has 3 aliphatic heterocycles. The van der Waals surface area contributed by atoms with Crippen molar-refractivity contribution < 1.29 is 0 Å². The molecule has 0 aromatic carbocycles. The van der Waals surface area contributed by atoms with Crippen molar-refractivity contribution in [2.75, 3.05) is 39.3 Å². The molecule has 1 saturated carbocycles. The molecule has 3 heteroatoms. The molecule has 0 spiro atoms. The molecular formula is C22H41N3. The van der Waals surface area contributed by atoms with Crippen molar-refractivity contribution in [2.24, 2.45) is 11.3 Å². The van der Waals surface area contributed by atoms with Gasteiger partial charge in [0.1, 0.15) is 0 Å². The number of piperidine rings is 1. The highest BCUT2D eigenvalue weighted by atomic mass is 15.3. The van der Waals surface area contributed by atoms with Crippen LogP contribution in [-0.2, 0) is 0 Å². The third-order valence-corrected chi connectivity index (χ3v) is 7.89. The fourth-order valence-electron chi connectivity index (χ4n) is 6.20. The number of fused-ring (bicyclic) bond motifs is 2. The molecule has 144 valence electrons. The molecule has 3 heterocycles. The lowest BCUT2D eigenvalue weighted by molar-refractivity contribution is 0.0468. The predicted molar refractivity (Wildman–Crippen MR) is 106 cm³/mol. The second kappa shape index (κ2) is 7.48. The van der Waals surface area contributed by atoms with Gasteiger partial charge >= 0.3 is 0 Å². The number of rotatable bonds is 7. The summed E-state index contributed by atoms with van der Waals surface area (Å²) < 4.78 is 0. The smallest absolute Gasteiger partial charge is 0.0113 e. The van der Waals surface area contributed by atoms with E-state index in [9.17, 15) is 0 Å². The molecule has 1 unspecified atom stereocenters. The molecule has 4 rings (SSSR count). The van der Waals surface area contributed by atoms with Crippen LogP contribution in [0.15, 0.2) is 0 Å². The van der Waals surface area contributed by atoms with Gasteiger partial charge in [-0.15, -0.1) is 0 Å². The Labute approximate surface area is 156 Å². The van der Waals surface area contributed by atoms with Crippen molar-refractivity contribution in [1.29, 1.82) is 0 Å². The topological polar surface area (TPSA) is 9.72 Å². The van der Waals surface area contributed by atoms with E-state index >= 15 is 0 Å². The highest BCUT2D eigenvalue weighted by Gasteiger charge is 2.48. The summed E-state index contributed by atoms with van der Waals surface area (Å²) in [6.45, 7) is 15.0. The normalized spacial score (nSPS) is 36.2. The van der Waals surface area contributed by atoms with Gasteiger partial charge in [0.15, 0.2) is 0 Å². The van der Waals surface area contributed by atoms with E-state index in [0.29, 0.717) is 0 Å². The largest absolute Gasteiger partial charge is 0.301 e. The van der Waals surface area contributed by atoms with E-state index in [4.69, 9.17) is 0 Å². The summed E-state index contributed by atoms with van der Waals surface area (Å²) in [7, 11) is 0. The van der Waals surface area contributed by atoms with Crippen molar-refractivity contribution in [3.8, 4) is 0 Å². The van der Waals surface area contributed by atoms with E-state index < -0.39 is 0 Å². The predicted octanol–water partition coefficient (Wildman–Crippen LogP) is 3.84. The zero-order chi connectivity index (χ0) is 17.4. The molecular weight excluding hydrogens is 306 g/mol. The lowest BCUT2D eigenvalue weighted by atomic mass is 9.88. The highest BCUT2D eigenvalue weighted by Crippen LogP contribution is 2.52. The van der Waals surface area contributed by atoms with Crippen LogP contribution in [0.2, 0.25) is 0 Å². The summed E-state index contributed by atoms with van der Waals surface area (Å²) in [6.07, 6.45) is 11.8. The Balaban J connectivity index is 1.26. The van der Waals surface area contributed by atoms with Crippen molar-refractivity contribution in [1.82, 2.24) is 14.7 Å². The molecule has 0 amide bonds. The van der Waals surface area contributed by atoms with E-state index in [1.807, 2.05) is 0 Å². The molecule has 0 aromatic heterocycles. The monoisotopic (exact) mass is 347 g/mol. The Morgan fingerprint density at radius 1 is 0.960 bits per heavy atom. The van der Waals surface area contributed by atoms with Crippen LogP contribution in [0.3, 0.4) is 0 Å². The minimum absolute atomic E-state index is 0.721. The van der Waals surface area contributed by atoms with Crippen LogP contribution in [0.5, 0.6) is 0 Å². The molecule has 25 heavy (non-hydrogen) atoms. The first-order valence-electron chi connectivity index (χ1n) is 11.3. The van der Waals surface area contributed by atoms with Gasteiger partial charge in [0.05, 0.1) is 0 Å². The van der Waals surface area contributed by atoms with E-state index in [-0.39, 0.29) is 0 Å². The highest BCUT2D eigenvalue weighted by molar-refractivity contribution is 5.02. The Bertz CT molecular complexity index is 423. The van der Waals surface area contributed by atoms with Gasteiger partial charge in [0.25, 0.3) is 0 Å². The summed E-state index contributed by atoms with van der Waals surface area (Å²) in [5.74, 6) is 0.973. The van der Waals surface area contributed by atoms with Crippen LogP contribution in [0.25, 0.3) is 0 Å². The molecule has 2 bridgehead atoms. The van der Waals surface area contributed by atoms with Gasteiger partial charge in [-0.1, -0.05) is 13.3 Å². The molecule has 4 fully saturated rings. The van der Waals surface area contributed by atoms with E-state index in [1.54, 1.807) is 0 Å². The fraction of sp³-hybridized carbons (Fsp3) is 1.00. The quantitative estimate of drug-likeness (QED) is 0.693. The van der Waals surface area contributed by atoms with Gasteiger partial charge < -0.3 is 4.90 Å². The van der Waals surface area contributed by atoms with Crippen LogP contribution < -0.4 is 0 Å². The first-order valence-corrected chi connectivity index (χ1v) is 11.3. The molecule has 3 atom stereocenters. The summed E-state index contributed by atoms with van der Waals surface area (Å²) >= 11 is 0. The number of piperazine rings is 1. The Kier molecular flexibility index (Phi) is 5.46. The number of hydrogen-bond donors (Lipinski definition) is 0. The van der Waals surface area contributed by atoms with Gasteiger partial charge in [0.2, 0.25) is 0 Å². The van der Waals surface area contributed by atoms with Gasteiger partial charge in [-0.3, -0.25) is 9.80 Å². The van der Waals surface area contributed by atoms with Crippen molar-refractivity contribution >= 4 is 0 Å². The second-order valence-electron chi connectivity index (χ2n) is 10.1. The molecule has 0 radical (unpaired) electrons. The third-order valence-electron chi connectivity index (χ3n) is 7.89. The SMILES string of the molecule is CCCC1(CN2[C@@H]3CC[C@H]2CC(CN2CCN(C(C)C)CC2)C3)CC1. The summed E-state index contributed by atoms with van der Waals surface area (Å²) in [5.41, 5.74) is 0.746. The molecule has 0 aromatic rings. The van der Waals surface area contributed by atoms with Crippen molar-refractivity contribution in [3.05, 3.63) is 0 Å². The van der Waals surface area contributed by atoms with E-state index in [1.165, 1.54) is 90.6 Å². The average Bonchev–Trinajstić information content (AvgIpc) is 3.30. The summed E-state index contributed by atoms with van der Waals surface area (Å²) in [6, 6.07) is 2.57. The Morgan fingerprint density at radius 2 is 1.60 bits per heavy atom. The van der Waals surface area contributed by atoms with E-state index in [0.717, 1.165) is 29.5 Å². The maximum atomic E-state index is 2.98. The molecule has 4 aliphatic rings. The number of hydrogen-bond acceptors (Lipinski definition) is 3. The van der Waals surface area contributed by atoms with Crippen LogP contribution in [0, 0.1) is 11.3 Å². The zero-order valence-corrected chi connectivity index (χ0v) is 17.1. The molecule has 1 aliphatic carbocycles. The molecule has 0 N–H and O–H groups in total. The molecule has 3 nitrogen and oxygen atoms in total. The van der Waals surface area contributed by atoms with Gasteiger partial charge in [0, 0.05) is 57.4 Å². The summed E-state index contributed by atoms with van der Waals surface area (Å²) in [5, 5.41) is 0. The maximum Gasteiger partial charge on any atom is 0.0113 e. The van der Waals surface area contributed by atoms with Crippen molar-refractivity contribution in [3.63, 3.8) is 0 Å². The maximum absolute atomic E-state index is 2.98. The minimum Gasteiger partial charge on any atom is -0.301 e. The van der Waals surface area contributed by atoms with Crippen LogP contribution in [0.1, 0.15) is 72.1 Å². The zero-order valence-electron chi connectivity index (χ0n) is 17.1. The van der Waals surface area contributed by atoms with Crippen LogP contribution in [-0.4, -0.2) is 72.1 Å². The first-order chi connectivity index (χ1) is 12.1. The number of nitrogens with zero attached hydrogens (tertiary/aromatic N) is 3. The second-order valence-corrected chi connectivity index (χ2v) is 10.1. The first kappa shape index (κ1) is 18.3.